The largest absolute Gasteiger partial charge is 0.368 e. The van der Waals surface area contributed by atoms with E-state index in [1.54, 1.807) is 0 Å². The van der Waals surface area contributed by atoms with Gasteiger partial charge in [-0.2, -0.15) is 0 Å². The van der Waals surface area contributed by atoms with Gasteiger partial charge in [-0.15, -0.1) is 0 Å². The third-order valence-electron chi connectivity index (χ3n) is 3.26. The lowest BCUT2D eigenvalue weighted by Gasteiger charge is -2.18. The second-order valence-corrected chi connectivity index (χ2v) is 5.92. The Hall–Kier alpha value is -1.15. The number of ether oxygens (including phenoxy) is 1. The molecule has 1 heterocycles. The Labute approximate surface area is 131 Å². The summed E-state index contributed by atoms with van der Waals surface area (Å²) >= 11 is 2.20. The quantitative estimate of drug-likeness (QED) is 0.739. The van der Waals surface area contributed by atoms with Gasteiger partial charge in [-0.3, -0.25) is 9.59 Å². The molecule has 2 atom stereocenters. The first kappa shape index (κ1) is 15.2. The van der Waals surface area contributed by atoms with Crippen molar-refractivity contribution in [3.8, 4) is 0 Å². The fraction of sp³-hybridized carbons (Fsp3) is 0.429. The zero-order valence-electron chi connectivity index (χ0n) is 11.0. The van der Waals surface area contributed by atoms with Crippen molar-refractivity contribution in [1.29, 1.82) is 0 Å². The van der Waals surface area contributed by atoms with Crippen LogP contribution in [-0.4, -0.2) is 30.6 Å². The third-order valence-corrected chi connectivity index (χ3v) is 4.32. The topological polar surface area (TPSA) is 81.4 Å². The van der Waals surface area contributed by atoms with Gasteiger partial charge in [0, 0.05) is 16.6 Å². The summed E-state index contributed by atoms with van der Waals surface area (Å²) in [4.78, 5) is 23.5. The Bertz CT molecular complexity index is 501. The van der Waals surface area contributed by atoms with Gasteiger partial charge >= 0.3 is 0 Å². The van der Waals surface area contributed by atoms with Gasteiger partial charge in [-0.25, -0.2) is 0 Å². The molecule has 0 aromatic heterocycles. The Balaban J connectivity index is 2.02. The lowest BCUT2D eigenvalue weighted by atomic mass is 10.0. The second-order valence-electron chi connectivity index (χ2n) is 4.76. The van der Waals surface area contributed by atoms with E-state index in [1.165, 1.54) is 0 Å². The highest BCUT2D eigenvalue weighted by Crippen LogP contribution is 2.15. The molecule has 0 aliphatic carbocycles. The highest BCUT2D eigenvalue weighted by Gasteiger charge is 2.27. The number of carbonyl (C=O) groups excluding carboxylic acids is 2. The number of hydrogen-bond donors (Lipinski definition) is 2. The standard InChI is InChI=1S/C14H17IN2O3/c15-10-5-2-1-4-9(10)8-11(13(16)18)17-14(19)12-6-3-7-20-12/h1-2,4-5,11-12H,3,6-8H2,(H2,16,18)(H,17,19)/t11-,12-/m0/s1. The normalized spacial score (nSPS) is 19.6. The van der Waals surface area contributed by atoms with Crippen LogP contribution in [0.2, 0.25) is 0 Å². The van der Waals surface area contributed by atoms with Crippen molar-refractivity contribution in [2.45, 2.75) is 31.4 Å². The first-order valence-electron chi connectivity index (χ1n) is 6.52. The van der Waals surface area contributed by atoms with Gasteiger partial charge in [0.1, 0.15) is 12.1 Å². The lowest BCUT2D eigenvalue weighted by molar-refractivity contribution is -0.133. The van der Waals surface area contributed by atoms with Gasteiger partial charge in [0.25, 0.3) is 0 Å². The van der Waals surface area contributed by atoms with Crippen molar-refractivity contribution in [3.05, 3.63) is 33.4 Å². The van der Waals surface area contributed by atoms with E-state index in [0.29, 0.717) is 19.4 Å². The summed E-state index contributed by atoms with van der Waals surface area (Å²) in [5.74, 6) is -0.784. The summed E-state index contributed by atoms with van der Waals surface area (Å²) in [5.41, 5.74) is 6.37. The minimum Gasteiger partial charge on any atom is -0.368 e. The number of nitrogens with two attached hydrogens (primary N) is 1. The zero-order valence-corrected chi connectivity index (χ0v) is 13.1. The Morgan fingerprint density at radius 1 is 1.45 bits per heavy atom. The SMILES string of the molecule is NC(=O)[C@H](Cc1ccccc1I)NC(=O)[C@@H]1CCCO1. The fourth-order valence-electron chi connectivity index (χ4n) is 2.16. The summed E-state index contributed by atoms with van der Waals surface area (Å²) < 4.78 is 6.35. The molecule has 1 aliphatic rings. The van der Waals surface area contributed by atoms with Crippen LogP contribution >= 0.6 is 22.6 Å². The van der Waals surface area contributed by atoms with E-state index in [4.69, 9.17) is 10.5 Å². The average molecular weight is 388 g/mol. The number of primary amides is 1. The molecule has 1 aliphatic heterocycles. The highest BCUT2D eigenvalue weighted by molar-refractivity contribution is 14.1. The van der Waals surface area contributed by atoms with E-state index in [1.807, 2.05) is 24.3 Å². The number of hydrogen-bond acceptors (Lipinski definition) is 3. The van der Waals surface area contributed by atoms with E-state index in [-0.39, 0.29) is 5.91 Å². The molecule has 1 fully saturated rings. The van der Waals surface area contributed by atoms with Crippen LogP contribution in [-0.2, 0) is 20.7 Å². The van der Waals surface area contributed by atoms with Gasteiger partial charge in [-0.1, -0.05) is 18.2 Å². The molecule has 1 aromatic carbocycles. The molecule has 1 aromatic rings. The Morgan fingerprint density at radius 3 is 2.80 bits per heavy atom. The second kappa shape index (κ2) is 7.03. The minimum atomic E-state index is -0.706. The molecule has 20 heavy (non-hydrogen) atoms. The molecule has 0 saturated carbocycles. The Morgan fingerprint density at radius 2 is 2.20 bits per heavy atom. The zero-order chi connectivity index (χ0) is 14.5. The first-order valence-corrected chi connectivity index (χ1v) is 7.60. The molecule has 0 unspecified atom stereocenters. The number of halogens is 1. The van der Waals surface area contributed by atoms with Crippen LogP contribution in [0.1, 0.15) is 18.4 Å². The van der Waals surface area contributed by atoms with E-state index in [2.05, 4.69) is 27.9 Å². The summed E-state index contributed by atoms with van der Waals surface area (Å²) in [5, 5.41) is 2.69. The molecule has 2 amide bonds. The molecule has 5 nitrogen and oxygen atoms in total. The summed E-state index contributed by atoms with van der Waals surface area (Å²) in [7, 11) is 0. The molecule has 6 heteroatoms. The van der Waals surface area contributed by atoms with Crippen LogP contribution in [0.4, 0.5) is 0 Å². The van der Waals surface area contributed by atoms with Crippen LogP contribution in [0.5, 0.6) is 0 Å². The minimum absolute atomic E-state index is 0.253. The van der Waals surface area contributed by atoms with Gasteiger partial charge in [0.05, 0.1) is 0 Å². The molecule has 0 radical (unpaired) electrons. The summed E-state index contributed by atoms with van der Waals surface area (Å²) in [6, 6.07) is 7.00. The van der Waals surface area contributed by atoms with E-state index in [0.717, 1.165) is 15.6 Å². The van der Waals surface area contributed by atoms with Crippen LogP contribution in [0.3, 0.4) is 0 Å². The van der Waals surface area contributed by atoms with Crippen molar-refractivity contribution in [2.75, 3.05) is 6.61 Å². The van der Waals surface area contributed by atoms with E-state index in [9.17, 15) is 9.59 Å². The van der Waals surface area contributed by atoms with Crippen LogP contribution in [0, 0.1) is 3.57 Å². The third kappa shape index (κ3) is 3.92. The Kier molecular flexibility index (Phi) is 5.36. The number of nitrogens with one attached hydrogen (secondary N) is 1. The van der Waals surface area contributed by atoms with Gasteiger partial charge < -0.3 is 15.8 Å². The molecule has 1 saturated heterocycles. The van der Waals surface area contributed by atoms with Crippen molar-refractivity contribution in [3.63, 3.8) is 0 Å². The smallest absolute Gasteiger partial charge is 0.249 e. The highest BCUT2D eigenvalue weighted by atomic mass is 127. The van der Waals surface area contributed by atoms with E-state index < -0.39 is 18.1 Å². The van der Waals surface area contributed by atoms with Gasteiger partial charge in [0.2, 0.25) is 11.8 Å². The van der Waals surface area contributed by atoms with Crippen molar-refractivity contribution in [1.82, 2.24) is 5.32 Å². The molecular formula is C14H17IN2O3. The first-order chi connectivity index (χ1) is 9.58. The fourth-order valence-corrected chi connectivity index (χ4v) is 2.76. The van der Waals surface area contributed by atoms with Crippen molar-refractivity contribution >= 4 is 34.4 Å². The monoisotopic (exact) mass is 388 g/mol. The van der Waals surface area contributed by atoms with Crippen molar-refractivity contribution < 1.29 is 14.3 Å². The molecule has 108 valence electrons. The summed E-state index contributed by atoms with van der Waals surface area (Å²) in [6.07, 6.45) is 1.51. The molecule has 0 spiro atoms. The van der Waals surface area contributed by atoms with Gasteiger partial charge in [-0.05, 0) is 47.1 Å². The molecule has 3 N–H and O–H groups in total. The van der Waals surface area contributed by atoms with Crippen LogP contribution in [0.15, 0.2) is 24.3 Å². The van der Waals surface area contributed by atoms with Gasteiger partial charge in [0.15, 0.2) is 0 Å². The lowest BCUT2D eigenvalue weighted by Crippen LogP contribution is -2.49. The average Bonchev–Trinajstić information content (AvgIpc) is 2.94. The number of carbonyl (C=O) groups is 2. The number of rotatable bonds is 5. The molecular weight excluding hydrogens is 371 g/mol. The molecule has 0 bridgehead atoms. The summed E-state index contributed by atoms with van der Waals surface area (Å²) in [6.45, 7) is 0.593. The number of amides is 2. The predicted octanol–water partition coefficient (Wildman–Crippen LogP) is 0.983. The number of benzene rings is 1. The molecule has 2 rings (SSSR count). The maximum Gasteiger partial charge on any atom is 0.249 e. The van der Waals surface area contributed by atoms with E-state index >= 15 is 0 Å². The predicted molar refractivity (Wildman–Crippen MR) is 83.0 cm³/mol. The maximum absolute atomic E-state index is 12.0. The van der Waals surface area contributed by atoms with Crippen LogP contribution < -0.4 is 11.1 Å². The maximum atomic E-state index is 12.0. The van der Waals surface area contributed by atoms with Crippen LogP contribution in [0.25, 0.3) is 0 Å². The van der Waals surface area contributed by atoms with Crippen molar-refractivity contribution in [2.24, 2.45) is 5.73 Å².